The normalized spacial score (nSPS) is 13.8. The first-order valence-corrected chi connectivity index (χ1v) is 8.98. The van der Waals surface area contributed by atoms with Crippen LogP contribution in [0.1, 0.15) is 36.3 Å². The number of rotatable bonds is 8. The number of hydrogen-bond acceptors (Lipinski definition) is 5. The Morgan fingerprint density at radius 2 is 1.54 bits per heavy atom. The highest BCUT2D eigenvalue weighted by Gasteiger charge is 2.30. The van der Waals surface area contributed by atoms with Crippen molar-refractivity contribution in [1.82, 2.24) is 0 Å². The molecule has 0 saturated heterocycles. The summed E-state index contributed by atoms with van der Waals surface area (Å²) in [5.74, 6) is -1.58. The molecule has 0 bridgehead atoms. The molecule has 0 fully saturated rings. The molecule has 0 radical (unpaired) electrons. The molecule has 136 valence electrons. The van der Waals surface area contributed by atoms with Crippen LogP contribution in [0.3, 0.4) is 0 Å². The van der Waals surface area contributed by atoms with E-state index in [1.165, 1.54) is 0 Å². The molecule has 26 heavy (non-hydrogen) atoms. The van der Waals surface area contributed by atoms with Gasteiger partial charge in [0, 0.05) is 5.92 Å². The highest BCUT2D eigenvalue weighted by atomic mass is 16.5. The number of Topliss-reactive ketones (excluding diaryl/α,β-unsaturated/α-hetero) is 1. The molecule has 1 aliphatic rings. The highest BCUT2D eigenvalue weighted by Crippen LogP contribution is 2.44. The molecule has 0 spiro atoms. The van der Waals surface area contributed by atoms with Crippen molar-refractivity contribution in [3.8, 4) is 11.1 Å². The highest BCUT2D eigenvalue weighted by molar-refractivity contribution is 6.35. The summed E-state index contributed by atoms with van der Waals surface area (Å²) in [6.07, 6.45) is 1.95. The lowest BCUT2D eigenvalue weighted by Gasteiger charge is -2.15. The summed E-state index contributed by atoms with van der Waals surface area (Å²) in [5, 5.41) is 0. The third kappa shape index (κ3) is 3.69. The second-order valence-corrected chi connectivity index (χ2v) is 6.58. The fraction of sp³-hybridized carbons (Fsp3) is 0.333. The lowest BCUT2D eigenvalue weighted by molar-refractivity contribution is -0.154. The SMILES string of the molecule is NCCCC[C@H](N)C(=O)C(=O)OCC1c2ccccc2-c2ccccc21. The fourth-order valence-electron chi connectivity index (χ4n) is 3.46. The summed E-state index contributed by atoms with van der Waals surface area (Å²) in [6.45, 7) is 0.681. The first-order chi connectivity index (χ1) is 12.6. The topological polar surface area (TPSA) is 95.4 Å². The molecule has 0 aliphatic heterocycles. The Balaban J connectivity index is 1.66. The van der Waals surface area contributed by atoms with Crippen LogP contribution in [0.2, 0.25) is 0 Å². The molecule has 3 rings (SSSR count). The maximum absolute atomic E-state index is 12.1. The number of nitrogens with two attached hydrogens (primary N) is 2. The predicted octanol–water partition coefficient (Wildman–Crippen LogP) is 2.37. The van der Waals surface area contributed by atoms with E-state index in [0.717, 1.165) is 35.1 Å². The Kier molecular flexibility index (Phi) is 5.81. The van der Waals surface area contributed by atoms with Crippen LogP contribution in [0.4, 0.5) is 0 Å². The zero-order valence-corrected chi connectivity index (χ0v) is 14.7. The number of ether oxygens (including phenoxy) is 1. The van der Waals surface area contributed by atoms with E-state index in [1.807, 2.05) is 36.4 Å². The zero-order valence-electron chi connectivity index (χ0n) is 14.7. The van der Waals surface area contributed by atoms with E-state index in [0.29, 0.717) is 13.0 Å². The molecule has 0 heterocycles. The van der Waals surface area contributed by atoms with E-state index in [-0.39, 0.29) is 12.5 Å². The number of hydrogen-bond donors (Lipinski definition) is 2. The molecular weight excluding hydrogens is 328 g/mol. The maximum atomic E-state index is 12.1. The van der Waals surface area contributed by atoms with Gasteiger partial charge >= 0.3 is 5.97 Å². The first-order valence-electron chi connectivity index (χ1n) is 8.98. The van der Waals surface area contributed by atoms with Crippen LogP contribution in [0, 0.1) is 0 Å². The summed E-state index contributed by atoms with van der Waals surface area (Å²) >= 11 is 0. The number of carbonyl (C=O) groups is 2. The molecular formula is C21H24N2O3. The van der Waals surface area contributed by atoms with Gasteiger partial charge < -0.3 is 16.2 Å². The monoisotopic (exact) mass is 352 g/mol. The van der Waals surface area contributed by atoms with E-state index in [4.69, 9.17) is 16.2 Å². The number of benzene rings is 2. The van der Waals surface area contributed by atoms with Crippen LogP contribution in [-0.4, -0.2) is 30.9 Å². The first kappa shape index (κ1) is 18.3. The van der Waals surface area contributed by atoms with Gasteiger partial charge in [0.15, 0.2) is 0 Å². The van der Waals surface area contributed by atoms with Gasteiger partial charge in [-0.1, -0.05) is 55.0 Å². The molecule has 0 aromatic heterocycles. The van der Waals surface area contributed by atoms with Gasteiger partial charge in [0.1, 0.15) is 6.61 Å². The Labute approximate surface area is 153 Å². The van der Waals surface area contributed by atoms with Crippen LogP contribution < -0.4 is 11.5 Å². The molecule has 0 unspecified atom stereocenters. The molecule has 2 aromatic rings. The van der Waals surface area contributed by atoms with Crippen molar-refractivity contribution in [2.45, 2.75) is 31.2 Å². The standard InChI is InChI=1S/C21H24N2O3/c22-12-6-5-11-19(23)20(24)21(25)26-13-18-16-9-3-1-7-14(16)15-8-2-4-10-17(15)18/h1-4,7-10,18-19H,5-6,11-13,22-23H2/t19-/m0/s1. The fourth-order valence-corrected chi connectivity index (χ4v) is 3.46. The second kappa shape index (κ2) is 8.25. The predicted molar refractivity (Wildman–Crippen MR) is 101 cm³/mol. The molecule has 5 heteroatoms. The number of esters is 1. The third-order valence-corrected chi connectivity index (χ3v) is 4.85. The second-order valence-electron chi connectivity index (χ2n) is 6.58. The molecule has 0 saturated carbocycles. The summed E-state index contributed by atoms with van der Waals surface area (Å²) in [4.78, 5) is 24.2. The van der Waals surface area contributed by atoms with Crippen LogP contribution in [0.15, 0.2) is 48.5 Å². The van der Waals surface area contributed by atoms with Crippen LogP contribution in [-0.2, 0) is 14.3 Å². The van der Waals surface area contributed by atoms with Crippen LogP contribution in [0.5, 0.6) is 0 Å². The van der Waals surface area contributed by atoms with Gasteiger partial charge in [-0.3, -0.25) is 4.79 Å². The van der Waals surface area contributed by atoms with Gasteiger partial charge in [0.05, 0.1) is 6.04 Å². The average Bonchev–Trinajstić information content (AvgIpc) is 2.99. The van der Waals surface area contributed by atoms with Crippen molar-refractivity contribution in [3.05, 3.63) is 59.7 Å². The minimum Gasteiger partial charge on any atom is -0.459 e. The lowest BCUT2D eigenvalue weighted by atomic mass is 9.98. The smallest absolute Gasteiger partial charge is 0.376 e. The Morgan fingerprint density at radius 1 is 0.962 bits per heavy atom. The largest absolute Gasteiger partial charge is 0.459 e. The lowest BCUT2D eigenvalue weighted by Crippen LogP contribution is -2.37. The van der Waals surface area contributed by atoms with Gasteiger partial charge in [-0.15, -0.1) is 0 Å². The van der Waals surface area contributed by atoms with Crippen molar-refractivity contribution < 1.29 is 14.3 Å². The van der Waals surface area contributed by atoms with Crippen molar-refractivity contribution in [3.63, 3.8) is 0 Å². The summed E-state index contributed by atoms with van der Waals surface area (Å²) < 4.78 is 5.34. The van der Waals surface area contributed by atoms with Crippen LogP contribution in [0.25, 0.3) is 11.1 Å². The van der Waals surface area contributed by atoms with Gasteiger partial charge in [0.2, 0.25) is 0 Å². The Hall–Kier alpha value is -2.50. The van der Waals surface area contributed by atoms with Crippen LogP contribution >= 0.6 is 0 Å². The number of ketones is 1. The van der Waals surface area contributed by atoms with Crippen molar-refractivity contribution in [1.29, 1.82) is 0 Å². The quantitative estimate of drug-likeness (QED) is 0.432. The van der Waals surface area contributed by atoms with Crippen molar-refractivity contribution in [2.75, 3.05) is 13.2 Å². The minimum absolute atomic E-state index is 0.0624. The summed E-state index contributed by atoms with van der Waals surface area (Å²) in [7, 11) is 0. The van der Waals surface area contributed by atoms with Gasteiger partial charge in [0.25, 0.3) is 5.78 Å². The van der Waals surface area contributed by atoms with Gasteiger partial charge in [-0.2, -0.15) is 0 Å². The van der Waals surface area contributed by atoms with E-state index in [2.05, 4.69) is 12.1 Å². The number of unbranched alkanes of at least 4 members (excludes halogenated alkanes) is 1. The molecule has 4 N–H and O–H groups in total. The number of carbonyl (C=O) groups excluding carboxylic acids is 2. The molecule has 1 atom stereocenters. The zero-order chi connectivity index (χ0) is 18.5. The molecule has 5 nitrogen and oxygen atoms in total. The molecule has 1 aliphatic carbocycles. The summed E-state index contributed by atoms with van der Waals surface area (Å²) in [5.41, 5.74) is 15.8. The Morgan fingerprint density at radius 3 is 2.12 bits per heavy atom. The van der Waals surface area contributed by atoms with Gasteiger partial charge in [-0.05, 0) is 41.6 Å². The van der Waals surface area contributed by atoms with Crippen molar-refractivity contribution in [2.24, 2.45) is 11.5 Å². The molecule has 0 amide bonds. The van der Waals surface area contributed by atoms with E-state index >= 15 is 0 Å². The Bertz CT molecular complexity index is 758. The van der Waals surface area contributed by atoms with Gasteiger partial charge in [-0.25, -0.2) is 4.79 Å². The number of fused-ring (bicyclic) bond motifs is 3. The average molecular weight is 352 g/mol. The van der Waals surface area contributed by atoms with E-state index < -0.39 is 17.8 Å². The van der Waals surface area contributed by atoms with E-state index in [9.17, 15) is 9.59 Å². The molecule has 2 aromatic carbocycles. The maximum Gasteiger partial charge on any atom is 0.376 e. The minimum atomic E-state index is -0.855. The van der Waals surface area contributed by atoms with E-state index in [1.54, 1.807) is 0 Å². The third-order valence-electron chi connectivity index (χ3n) is 4.85. The summed E-state index contributed by atoms with van der Waals surface area (Å²) in [6, 6.07) is 15.3. The van der Waals surface area contributed by atoms with Crippen molar-refractivity contribution >= 4 is 11.8 Å².